The van der Waals surface area contributed by atoms with Gasteiger partial charge in [-0.15, -0.1) is 0 Å². The van der Waals surface area contributed by atoms with Gasteiger partial charge < -0.3 is 0 Å². The van der Waals surface area contributed by atoms with E-state index in [2.05, 4.69) is 10.1 Å². The Morgan fingerprint density at radius 3 is 2.62 bits per heavy atom. The summed E-state index contributed by atoms with van der Waals surface area (Å²) in [5.41, 5.74) is 5.18. The molecule has 0 bridgehead atoms. The molecule has 29 heavy (non-hydrogen) atoms. The summed E-state index contributed by atoms with van der Waals surface area (Å²) in [4.78, 5) is 4.57. The molecular formula is C22H24N4O2S. The minimum absolute atomic E-state index is 0.340. The van der Waals surface area contributed by atoms with E-state index in [0.29, 0.717) is 24.5 Å². The second-order valence-corrected chi connectivity index (χ2v) is 9.75. The fraction of sp³-hybridized carbons (Fsp3) is 0.364. The van der Waals surface area contributed by atoms with Crippen LogP contribution < -0.4 is 0 Å². The third-order valence-corrected chi connectivity index (χ3v) is 7.74. The first-order valence-corrected chi connectivity index (χ1v) is 11.6. The number of sulfonamides is 1. The molecule has 0 unspecified atom stereocenters. The molecule has 3 heterocycles. The average Bonchev–Trinajstić information content (AvgIpc) is 3.05. The maximum atomic E-state index is 13.4. The Morgan fingerprint density at radius 1 is 0.931 bits per heavy atom. The molecule has 150 valence electrons. The molecule has 0 atom stereocenters. The first-order chi connectivity index (χ1) is 14.1. The smallest absolute Gasteiger partial charge is 0.243 e. The summed E-state index contributed by atoms with van der Waals surface area (Å²) in [5, 5.41) is 4.68. The van der Waals surface area contributed by atoms with Crippen molar-refractivity contribution in [1.29, 1.82) is 0 Å². The maximum Gasteiger partial charge on any atom is 0.243 e. The van der Waals surface area contributed by atoms with Gasteiger partial charge in [-0.2, -0.15) is 9.40 Å². The molecule has 6 nitrogen and oxygen atoms in total. The van der Waals surface area contributed by atoms with Crippen molar-refractivity contribution in [2.45, 2.75) is 50.1 Å². The zero-order valence-electron chi connectivity index (χ0n) is 16.3. The van der Waals surface area contributed by atoms with Crippen LogP contribution in [-0.2, 0) is 36.0 Å². The van der Waals surface area contributed by atoms with Gasteiger partial charge in [0.25, 0.3) is 0 Å². The van der Waals surface area contributed by atoms with Crippen LogP contribution in [-0.4, -0.2) is 34.0 Å². The molecule has 0 amide bonds. The number of fused-ring (bicyclic) bond motifs is 2. The van der Waals surface area contributed by atoms with Gasteiger partial charge in [0.05, 0.1) is 22.8 Å². The first-order valence-electron chi connectivity index (χ1n) is 10.2. The van der Waals surface area contributed by atoms with E-state index in [4.69, 9.17) is 0 Å². The number of hydrogen-bond acceptors (Lipinski definition) is 4. The molecule has 7 heteroatoms. The monoisotopic (exact) mass is 408 g/mol. The Bertz CT molecular complexity index is 1140. The molecule has 0 fully saturated rings. The van der Waals surface area contributed by atoms with Gasteiger partial charge >= 0.3 is 0 Å². The van der Waals surface area contributed by atoms with E-state index < -0.39 is 10.0 Å². The van der Waals surface area contributed by atoms with Crippen molar-refractivity contribution < 1.29 is 8.42 Å². The van der Waals surface area contributed by atoms with Gasteiger partial charge in [-0.25, -0.2) is 8.42 Å². The molecule has 1 aliphatic heterocycles. The van der Waals surface area contributed by atoms with Crippen molar-refractivity contribution in [2.75, 3.05) is 6.54 Å². The Morgan fingerprint density at radius 2 is 1.79 bits per heavy atom. The van der Waals surface area contributed by atoms with Gasteiger partial charge in [0.15, 0.2) is 0 Å². The van der Waals surface area contributed by atoms with Crippen molar-refractivity contribution in [3.63, 3.8) is 0 Å². The minimum atomic E-state index is -3.54. The molecule has 3 aromatic rings. The Kier molecular flexibility index (Phi) is 4.72. The van der Waals surface area contributed by atoms with E-state index >= 15 is 0 Å². The van der Waals surface area contributed by atoms with Crippen LogP contribution in [0.1, 0.15) is 36.1 Å². The number of aryl methyl sites for hydroxylation is 3. The molecule has 1 aromatic carbocycles. The van der Waals surface area contributed by atoms with Gasteiger partial charge in [-0.1, -0.05) is 6.07 Å². The highest BCUT2D eigenvalue weighted by molar-refractivity contribution is 7.89. The molecule has 2 aliphatic rings. The van der Waals surface area contributed by atoms with Gasteiger partial charge in [-0.3, -0.25) is 9.67 Å². The highest BCUT2D eigenvalue weighted by Crippen LogP contribution is 2.28. The van der Waals surface area contributed by atoms with Crippen molar-refractivity contribution in [3.05, 3.63) is 65.6 Å². The van der Waals surface area contributed by atoms with E-state index in [1.807, 2.05) is 35.0 Å². The Labute approximate surface area is 171 Å². The first kappa shape index (κ1) is 18.5. The van der Waals surface area contributed by atoms with Crippen molar-refractivity contribution in [1.82, 2.24) is 19.1 Å². The van der Waals surface area contributed by atoms with E-state index in [0.717, 1.165) is 42.6 Å². The summed E-state index contributed by atoms with van der Waals surface area (Å²) in [6.07, 6.45) is 8.60. The van der Waals surface area contributed by atoms with E-state index in [1.165, 1.54) is 17.5 Å². The lowest BCUT2D eigenvalue weighted by Crippen LogP contribution is -2.31. The Hall–Kier alpha value is -2.51. The van der Waals surface area contributed by atoms with E-state index in [-0.39, 0.29) is 0 Å². The molecular weight excluding hydrogens is 384 g/mol. The zero-order chi connectivity index (χ0) is 19.8. The largest absolute Gasteiger partial charge is 0.268 e. The van der Waals surface area contributed by atoms with Crippen LogP contribution in [0, 0.1) is 0 Å². The summed E-state index contributed by atoms with van der Waals surface area (Å²) in [6.45, 7) is 1.56. The summed E-state index contributed by atoms with van der Waals surface area (Å²) in [6, 6.07) is 11.5. The van der Waals surface area contributed by atoms with Gasteiger partial charge in [0.2, 0.25) is 10.0 Å². The predicted octanol–water partition coefficient (Wildman–Crippen LogP) is 3.42. The lowest BCUT2D eigenvalue weighted by atomic mass is 9.92. The lowest BCUT2D eigenvalue weighted by Gasteiger charge is -2.22. The van der Waals surface area contributed by atoms with Gasteiger partial charge in [-0.05, 0) is 73.6 Å². The number of benzene rings is 1. The molecule has 0 spiro atoms. The fourth-order valence-electron chi connectivity index (χ4n) is 4.31. The van der Waals surface area contributed by atoms with E-state index in [9.17, 15) is 8.42 Å². The molecule has 0 saturated carbocycles. The standard InChI is InChI=1S/C22H24N4O2S/c27-29(28,21-9-8-17-5-1-2-6-18(17)13-21)25-11-4-12-26-20(16-25)14-22(24-26)19-7-3-10-23-15-19/h3,7-10,13-15H,1-2,4-6,11-12,16H2. The maximum absolute atomic E-state index is 13.4. The van der Waals surface area contributed by atoms with Crippen LogP contribution in [0.4, 0.5) is 0 Å². The second-order valence-electron chi connectivity index (χ2n) is 7.82. The van der Waals surface area contributed by atoms with Crippen LogP contribution in [0.2, 0.25) is 0 Å². The number of rotatable bonds is 3. The SMILES string of the molecule is O=S(=O)(c1ccc2c(c1)CCCC2)N1CCCn2nc(-c3cccnc3)cc2C1. The number of hydrogen-bond donors (Lipinski definition) is 0. The normalized spacial score (nSPS) is 17.4. The number of pyridine rings is 1. The highest BCUT2D eigenvalue weighted by atomic mass is 32.2. The predicted molar refractivity (Wildman–Crippen MR) is 111 cm³/mol. The summed E-state index contributed by atoms with van der Waals surface area (Å²) < 4.78 is 30.3. The van der Waals surface area contributed by atoms with E-state index in [1.54, 1.807) is 22.8 Å². The molecule has 0 saturated heterocycles. The topological polar surface area (TPSA) is 68.1 Å². The second kappa shape index (κ2) is 7.39. The third-order valence-electron chi connectivity index (χ3n) is 5.89. The molecule has 2 aromatic heterocycles. The highest BCUT2D eigenvalue weighted by Gasteiger charge is 2.29. The number of nitrogens with zero attached hydrogens (tertiary/aromatic N) is 4. The Balaban J connectivity index is 1.45. The quantitative estimate of drug-likeness (QED) is 0.666. The minimum Gasteiger partial charge on any atom is -0.268 e. The molecule has 1 aliphatic carbocycles. The summed E-state index contributed by atoms with van der Waals surface area (Å²) in [7, 11) is -3.54. The van der Waals surface area contributed by atoms with Crippen LogP contribution in [0.15, 0.2) is 53.7 Å². The molecule has 0 N–H and O–H groups in total. The summed E-state index contributed by atoms with van der Waals surface area (Å²) in [5.74, 6) is 0. The van der Waals surface area contributed by atoms with Crippen molar-refractivity contribution in [2.24, 2.45) is 0 Å². The van der Waals surface area contributed by atoms with Gasteiger partial charge in [0.1, 0.15) is 0 Å². The van der Waals surface area contributed by atoms with Crippen LogP contribution in [0.3, 0.4) is 0 Å². The summed E-state index contributed by atoms with van der Waals surface area (Å²) >= 11 is 0. The van der Waals surface area contributed by atoms with Crippen molar-refractivity contribution in [3.8, 4) is 11.3 Å². The number of aromatic nitrogens is 3. The van der Waals surface area contributed by atoms with Crippen LogP contribution in [0.5, 0.6) is 0 Å². The van der Waals surface area contributed by atoms with Crippen LogP contribution in [0.25, 0.3) is 11.3 Å². The molecule has 0 radical (unpaired) electrons. The third kappa shape index (κ3) is 3.49. The fourth-order valence-corrected chi connectivity index (χ4v) is 5.81. The molecule has 5 rings (SSSR count). The average molecular weight is 409 g/mol. The van der Waals surface area contributed by atoms with Crippen molar-refractivity contribution >= 4 is 10.0 Å². The zero-order valence-corrected chi connectivity index (χ0v) is 17.1. The lowest BCUT2D eigenvalue weighted by molar-refractivity contribution is 0.410. The van der Waals surface area contributed by atoms with Gasteiger partial charge in [0, 0.05) is 31.0 Å². The van der Waals surface area contributed by atoms with Crippen LogP contribution >= 0.6 is 0 Å².